The lowest BCUT2D eigenvalue weighted by Gasteiger charge is -2.24. The number of carbonyl (C=O) groups is 1. The van der Waals surface area contributed by atoms with Gasteiger partial charge in [0.05, 0.1) is 19.4 Å². The molecule has 0 radical (unpaired) electrons. The highest BCUT2D eigenvalue weighted by molar-refractivity contribution is 7.22. The Hall–Kier alpha value is -1.18. The smallest absolute Gasteiger partial charge is 0.270 e. The number of hydrogen-bond acceptors (Lipinski definition) is 5. The van der Waals surface area contributed by atoms with Gasteiger partial charge in [-0.25, -0.2) is 4.98 Å². The van der Waals surface area contributed by atoms with Crippen LogP contribution in [0.15, 0.2) is 24.3 Å². The van der Waals surface area contributed by atoms with E-state index in [0.717, 1.165) is 35.4 Å². The fourth-order valence-corrected chi connectivity index (χ4v) is 5.32. The molecule has 1 amide bonds. The first kappa shape index (κ1) is 20.6. The molecule has 3 aromatic rings. The van der Waals surface area contributed by atoms with E-state index in [2.05, 4.69) is 18.7 Å². The molecule has 2 heterocycles. The van der Waals surface area contributed by atoms with E-state index in [1.165, 1.54) is 22.7 Å². The molecule has 27 heavy (non-hydrogen) atoms. The van der Waals surface area contributed by atoms with Crippen molar-refractivity contribution in [1.82, 2.24) is 9.88 Å². The van der Waals surface area contributed by atoms with Crippen LogP contribution >= 0.6 is 45.9 Å². The van der Waals surface area contributed by atoms with Gasteiger partial charge in [0.15, 0.2) is 5.13 Å². The number of aryl methyl sites for hydroxylation is 1. The molecule has 0 fully saturated rings. The molecule has 0 N–H and O–H groups in total. The molecule has 2 aromatic heterocycles. The number of benzene rings is 1. The number of fused-ring (bicyclic) bond motifs is 1. The number of anilines is 1. The summed E-state index contributed by atoms with van der Waals surface area (Å²) in [4.78, 5) is 22.6. The third-order valence-electron chi connectivity index (χ3n) is 4.43. The monoisotopic (exact) mass is 441 g/mol. The molecular formula is C19H21Cl2N3OS2. The summed E-state index contributed by atoms with van der Waals surface area (Å²) in [5, 5.41) is 1.37. The van der Waals surface area contributed by atoms with Gasteiger partial charge in [-0.3, -0.25) is 9.69 Å². The van der Waals surface area contributed by atoms with Gasteiger partial charge >= 0.3 is 0 Å². The Morgan fingerprint density at radius 3 is 2.48 bits per heavy atom. The highest BCUT2D eigenvalue weighted by Gasteiger charge is 2.23. The zero-order valence-corrected chi connectivity index (χ0v) is 18.6. The molecule has 3 rings (SSSR count). The first-order valence-electron chi connectivity index (χ1n) is 8.79. The number of nitrogens with zero attached hydrogens (tertiary/aromatic N) is 3. The van der Waals surface area contributed by atoms with Crippen LogP contribution in [0.3, 0.4) is 0 Å². The number of amides is 1. The first-order chi connectivity index (χ1) is 12.9. The third kappa shape index (κ3) is 4.63. The highest BCUT2D eigenvalue weighted by Crippen LogP contribution is 2.34. The number of likely N-dealkylation sites (N-methyl/N-ethyl adjacent to an activating group) is 1. The second-order valence-corrected chi connectivity index (χ2v) is 9.31. The summed E-state index contributed by atoms with van der Waals surface area (Å²) in [5.74, 6) is -0.0677. The minimum Gasteiger partial charge on any atom is -0.302 e. The molecule has 0 bridgehead atoms. The molecule has 0 aliphatic carbocycles. The Bertz CT molecular complexity index is 950. The van der Waals surface area contributed by atoms with Crippen molar-refractivity contribution in [2.45, 2.75) is 20.8 Å². The van der Waals surface area contributed by atoms with Crippen LogP contribution < -0.4 is 4.90 Å². The second-order valence-electron chi connectivity index (χ2n) is 6.15. The Kier molecular flexibility index (Phi) is 6.76. The van der Waals surface area contributed by atoms with Crippen molar-refractivity contribution in [2.75, 3.05) is 31.1 Å². The zero-order valence-electron chi connectivity index (χ0n) is 15.5. The van der Waals surface area contributed by atoms with Crippen LogP contribution in [-0.4, -0.2) is 42.0 Å². The number of rotatable bonds is 7. The van der Waals surface area contributed by atoms with Gasteiger partial charge in [-0.1, -0.05) is 48.4 Å². The lowest BCUT2D eigenvalue weighted by molar-refractivity contribution is 0.0987. The molecule has 0 atom stereocenters. The zero-order chi connectivity index (χ0) is 19.6. The molecule has 144 valence electrons. The Morgan fingerprint density at radius 1 is 1.11 bits per heavy atom. The molecule has 0 aliphatic rings. The number of thiophene rings is 1. The predicted molar refractivity (Wildman–Crippen MR) is 118 cm³/mol. The van der Waals surface area contributed by atoms with E-state index in [9.17, 15) is 4.79 Å². The van der Waals surface area contributed by atoms with Crippen LogP contribution in [0.2, 0.25) is 9.36 Å². The van der Waals surface area contributed by atoms with E-state index in [1.54, 1.807) is 17.0 Å². The topological polar surface area (TPSA) is 36.4 Å². The molecule has 0 saturated heterocycles. The quantitative estimate of drug-likeness (QED) is 0.453. The van der Waals surface area contributed by atoms with Crippen LogP contribution in [0.4, 0.5) is 5.13 Å². The van der Waals surface area contributed by atoms with Gasteiger partial charge in [-0.15, -0.1) is 11.3 Å². The van der Waals surface area contributed by atoms with Gasteiger partial charge in [0.2, 0.25) is 0 Å². The molecule has 1 aromatic carbocycles. The van der Waals surface area contributed by atoms with E-state index < -0.39 is 0 Å². The van der Waals surface area contributed by atoms with Crippen molar-refractivity contribution in [3.63, 3.8) is 0 Å². The van der Waals surface area contributed by atoms with Gasteiger partial charge < -0.3 is 4.90 Å². The SMILES string of the molecule is CCN(CC)CCN(C(=O)c1ccc(Cl)s1)c1nc2c(C)cc(Cl)cc2s1. The van der Waals surface area contributed by atoms with Gasteiger partial charge in [-0.05, 0) is 49.8 Å². The first-order valence-corrected chi connectivity index (χ1v) is 11.2. The minimum atomic E-state index is -0.0677. The molecule has 4 nitrogen and oxygen atoms in total. The average Bonchev–Trinajstić information content (AvgIpc) is 3.25. The van der Waals surface area contributed by atoms with Crippen LogP contribution in [0.5, 0.6) is 0 Å². The van der Waals surface area contributed by atoms with Gasteiger partial charge in [-0.2, -0.15) is 0 Å². The van der Waals surface area contributed by atoms with Crippen molar-refractivity contribution in [2.24, 2.45) is 0 Å². The minimum absolute atomic E-state index is 0.0677. The summed E-state index contributed by atoms with van der Waals surface area (Å²) in [7, 11) is 0. The molecule has 8 heteroatoms. The summed E-state index contributed by atoms with van der Waals surface area (Å²) in [5.41, 5.74) is 1.90. The Labute approximate surface area is 177 Å². The van der Waals surface area contributed by atoms with E-state index in [-0.39, 0.29) is 5.91 Å². The van der Waals surface area contributed by atoms with Crippen LogP contribution in [-0.2, 0) is 0 Å². The van der Waals surface area contributed by atoms with Crippen LogP contribution in [0.1, 0.15) is 29.1 Å². The molecule has 0 aliphatic heterocycles. The van der Waals surface area contributed by atoms with Crippen molar-refractivity contribution in [1.29, 1.82) is 0 Å². The fourth-order valence-electron chi connectivity index (χ4n) is 2.89. The lowest BCUT2D eigenvalue weighted by Crippen LogP contribution is -2.38. The maximum Gasteiger partial charge on any atom is 0.270 e. The maximum atomic E-state index is 13.2. The Balaban J connectivity index is 1.98. The third-order valence-corrected chi connectivity index (χ3v) is 6.90. The summed E-state index contributed by atoms with van der Waals surface area (Å²) < 4.78 is 1.59. The molecule has 0 spiro atoms. The fraction of sp³-hybridized carbons (Fsp3) is 0.368. The van der Waals surface area contributed by atoms with E-state index in [1.807, 2.05) is 19.1 Å². The summed E-state index contributed by atoms with van der Waals surface area (Å²) in [6, 6.07) is 7.33. The van der Waals surface area contributed by atoms with Crippen molar-refractivity contribution in [3.05, 3.63) is 44.1 Å². The van der Waals surface area contributed by atoms with Crippen molar-refractivity contribution >= 4 is 67.1 Å². The summed E-state index contributed by atoms with van der Waals surface area (Å²) in [6.07, 6.45) is 0. The molecular weight excluding hydrogens is 421 g/mol. The Morgan fingerprint density at radius 2 is 1.85 bits per heavy atom. The summed E-state index contributed by atoms with van der Waals surface area (Å²) in [6.45, 7) is 9.47. The maximum absolute atomic E-state index is 13.2. The van der Waals surface area contributed by atoms with Crippen LogP contribution in [0.25, 0.3) is 10.2 Å². The number of thiazole rings is 1. The van der Waals surface area contributed by atoms with Gasteiger partial charge in [0.1, 0.15) is 0 Å². The van der Waals surface area contributed by atoms with Crippen molar-refractivity contribution < 1.29 is 4.79 Å². The molecule has 0 unspecified atom stereocenters. The normalized spacial score (nSPS) is 11.5. The standard InChI is InChI=1S/C19H21Cl2N3OS2/c1-4-23(5-2)8-9-24(18(25)14-6-7-16(21)26-14)19-22-17-12(3)10-13(20)11-15(17)27-19/h6-7,10-11H,4-5,8-9H2,1-3H3. The van der Waals surface area contributed by atoms with E-state index in [0.29, 0.717) is 25.9 Å². The number of carbonyl (C=O) groups excluding carboxylic acids is 1. The van der Waals surface area contributed by atoms with Crippen LogP contribution in [0, 0.1) is 6.92 Å². The van der Waals surface area contributed by atoms with E-state index >= 15 is 0 Å². The number of aromatic nitrogens is 1. The van der Waals surface area contributed by atoms with Crippen molar-refractivity contribution in [3.8, 4) is 0 Å². The van der Waals surface area contributed by atoms with Gasteiger partial charge in [0, 0.05) is 18.1 Å². The van der Waals surface area contributed by atoms with E-state index in [4.69, 9.17) is 28.2 Å². The number of halogens is 2. The largest absolute Gasteiger partial charge is 0.302 e. The lowest BCUT2D eigenvalue weighted by atomic mass is 10.2. The number of hydrogen-bond donors (Lipinski definition) is 0. The second kappa shape index (κ2) is 8.88. The van der Waals surface area contributed by atoms with Gasteiger partial charge in [0.25, 0.3) is 5.91 Å². The predicted octanol–water partition coefficient (Wildman–Crippen LogP) is 5.96. The molecule has 0 saturated carbocycles. The summed E-state index contributed by atoms with van der Waals surface area (Å²) >= 11 is 15.0. The highest BCUT2D eigenvalue weighted by atomic mass is 35.5. The average molecular weight is 442 g/mol.